The summed E-state index contributed by atoms with van der Waals surface area (Å²) in [6.07, 6.45) is 1.10. The number of aryl methyl sites for hydroxylation is 1. The molecule has 0 atom stereocenters. The molecule has 0 amide bonds. The summed E-state index contributed by atoms with van der Waals surface area (Å²) in [7, 11) is 0. The summed E-state index contributed by atoms with van der Waals surface area (Å²) < 4.78 is 0. The van der Waals surface area contributed by atoms with Gasteiger partial charge in [0, 0.05) is 13.1 Å². The second-order valence-electron chi connectivity index (χ2n) is 3.63. The van der Waals surface area contributed by atoms with Crippen molar-refractivity contribution in [1.82, 2.24) is 0 Å². The third kappa shape index (κ3) is 3.80. The summed E-state index contributed by atoms with van der Waals surface area (Å²) in [4.78, 5) is 0. The van der Waals surface area contributed by atoms with Crippen molar-refractivity contribution in [1.29, 1.82) is 0 Å². The molecule has 0 bridgehead atoms. The molecule has 0 saturated heterocycles. The molecule has 1 aromatic rings. The van der Waals surface area contributed by atoms with Gasteiger partial charge in [-0.1, -0.05) is 13.0 Å². The van der Waals surface area contributed by atoms with Crippen molar-refractivity contribution >= 4 is 11.4 Å². The minimum absolute atomic E-state index is 0.154. The number of benzene rings is 1. The molecule has 3 nitrogen and oxygen atoms in total. The van der Waals surface area contributed by atoms with E-state index in [9.17, 15) is 0 Å². The average molecular weight is 208 g/mol. The highest BCUT2D eigenvalue weighted by molar-refractivity contribution is 5.69. The Morgan fingerprint density at radius 1 is 1.13 bits per heavy atom. The number of aliphatic hydroxyl groups excluding tert-OH is 1. The molecule has 0 unspecified atom stereocenters. The molecule has 1 rings (SSSR count). The summed E-state index contributed by atoms with van der Waals surface area (Å²) in [5.74, 6) is 0. The number of nitrogens with one attached hydrogen (secondary N) is 2. The molecule has 3 heteroatoms. The zero-order valence-electron chi connectivity index (χ0n) is 9.51. The lowest BCUT2D eigenvalue weighted by Gasteiger charge is -2.13. The van der Waals surface area contributed by atoms with Crippen LogP contribution in [0.25, 0.3) is 0 Å². The van der Waals surface area contributed by atoms with Crippen molar-refractivity contribution in [2.75, 3.05) is 30.3 Å². The molecule has 84 valence electrons. The molecule has 0 aromatic heterocycles. The summed E-state index contributed by atoms with van der Waals surface area (Å²) in [5.41, 5.74) is 3.41. The SMILES string of the molecule is CCCNc1cc(C)ccc1NCCO. The second kappa shape index (κ2) is 6.30. The highest BCUT2D eigenvalue weighted by Crippen LogP contribution is 2.22. The van der Waals surface area contributed by atoms with Crippen molar-refractivity contribution in [3.63, 3.8) is 0 Å². The molecule has 0 aliphatic rings. The van der Waals surface area contributed by atoms with Gasteiger partial charge >= 0.3 is 0 Å². The van der Waals surface area contributed by atoms with Gasteiger partial charge in [-0.15, -0.1) is 0 Å². The molecule has 0 fully saturated rings. The van der Waals surface area contributed by atoms with Gasteiger partial charge in [0.25, 0.3) is 0 Å². The molecular formula is C12H20N2O. The van der Waals surface area contributed by atoms with Gasteiger partial charge in [-0.25, -0.2) is 0 Å². The van der Waals surface area contributed by atoms with E-state index in [2.05, 4.69) is 36.6 Å². The zero-order valence-corrected chi connectivity index (χ0v) is 9.51. The first kappa shape index (κ1) is 11.9. The monoisotopic (exact) mass is 208 g/mol. The quantitative estimate of drug-likeness (QED) is 0.671. The Morgan fingerprint density at radius 3 is 2.53 bits per heavy atom. The molecular weight excluding hydrogens is 188 g/mol. The van der Waals surface area contributed by atoms with Crippen molar-refractivity contribution < 1.29 is 5.11 Å². The van der Waals surface area contributed by atoms with Crippen LogP contribution >= 0.6 is 0 Å². The van der Waals surface area contributed by atoms with Gasteiger partial charge in [-0.3, -0.25) is 0 Å². The van der Waals surface area contributed by atoms with Crippen LogP contribution in [-0.4, -0.2) is 24.8 Å². The van der Waals surface area contributed by atoms with E-state index in [1.54, 1.807) is 0 Å². The van der Waals surface area contributed by atoms with Gasteiger partial charge in [0.2, 0.25) is 0 Å². The minimum atomic E-state index is 0.154. The van der Waals surface area contributed by atoms with Gasteiger partial charge in [-0.2, -0.15) is 0 Å². The highest BCUT2D eigenvalue weighted by Gasteiger charge is 2.00. The Kier molecular flexibility index (Phi) is 4.98. The number of hydrogen-bond donors (Lipinski definition) is 3. The predicted molar refractivity (Wildman–Crippen MR) is 65.5 cm³/mol. The van der Waals surface area contributed by atoms with Crippen molar-refractivity contribution in [2.24, 2.45) is 0 Å². The third-order valence-corrected chi connectivity index (χ3v) is 2.17. The van der Waals surface area contributed by atoms with Crippen LogP contribution in [-0.2, 0) is 0 Å². The van der Waals surface area contributed by atoms with Crippen LogP contribution in [0.3, 0.4) is 0 Å². The normalized spacial score (nSPS) is 10.1. The van der Waals surface area contributed by atoms with Crippen LogP contribution in [0.15, 0.2) is 18.2 Å². The van der Waals surface area contributed by atoms with E-state index in [1.807, 2.05) is 6.07 Å². The number of anilines is 2. The van der Waals surface area contributed by atoms with Crippen molar-refractivity contribution in [3.05, 3.63) is 23.8 Å². The molecule has 0 saturated carbocycles. The zero-order chi connectivity index (χ0) is 11.1. The Hall–Kier alpha value is -1.22. The topological polar surface area (TPSA) is 44.3 Å². The fourth-order valence-corrected chi connectivity index (χ4v) is 1.41. The maximum absolute atomic E-state index is 8.77. The fourth-order valence-electron chi connectivity index (χ4n) is 1.41. The van der Waals surface area contributed by atoms with E-state index in [0.29, 0.717) is 6.54 Å². The van der Waals surface area contributed by atoms with Crippen LogP contribution in [0.1, 0.15) is 18.9 Å². The largest absolute Gasteiger partial charge is 0.395 e. The van der Waals surface area contributed by atoms with Gasteiger partial charge in [0.15, 0.2) is 0 Å². The molecule has 0 heterocycles. The lowest BCUT2D eigenvalue weighted by atomic mass is 10.2. The predicted octanol–water partition coefficient (Wildman–Crippen LogP) is 2.22. The molecule has 0 spiro atoms. The van der Waals surface area contributed by atoms with Crippen LogP contribution in [0.5, 0.6) is 0 Å². The Balaban J connectivity index is 2.73. The van der Waals surface area contributed by atoms with E-state index < -0.39 is 0 Å². The van der Waals surface area contributed by atoms with E-state index in [4.69, 9.17) is 5.11 Å². The summed E-state index contributed by atoms with van der Waals surface area (Å²) in [5, 5.41) is 15.3. The van der Waals surface area contributed by atoms with Crippen LogP contribution < -0.4 is 10.6 Å². The van der Waals surface area contributed by atoms with Gasteiger partial charge in [0.05, 0.1) is 18.0 Å². The lowest BCUT2D eigenvalue weighted by molar-refractivity contribution is 0.311. The molecule has 0 aliphatic heterocycles. The molecule has 3 N–H and O–H groups in total. The molecule has 1 aromatic carbocycles. The molecule has 0 aliphatic carbocycles. The Morgan fingerprint density at radius 2 is 1.87 bits per heavy atom. The maximum Gasteiger partial charge on any atom is 0.0604 e. The van der Waals surface area contributed by atoms with Crippen LogP contribution in [0, 0.1) is 6.92 Å². The van der Waals surface area contributed by atoms with E-state index in [1.165, 1.54) is 5.56 Å². The summed E-state index contributed by atoms with van der Waals surface area (Å²) in [6, 6.07) is 6.23. The minimum Gasteiger partial charge on any atom is -0.395 e. The molecule has 0 radical (unpaired) electrons. The van der Waals surface area contributed by atoms with Crippen LogP contribution in [0.4, 0.5) is 11.4 Å². The third-order valence-electron chi connectivity index (χ3n) is 2.17. The lowest BCUT2D eigenvalue weighted by Crippen LogP contribution is -2.09. The van der Waals surface area contributed by atoms with Crippen molar-refractivity contribution in [3.8, 4) is 0 Å². The second-order valence-corrected chi connectivity index (χ2v) is 3.63. The van der Waals surface area contributed by atoms with Crippen LogP contribution in [0.2, 0.25) is 0 Å². The van der Waals surface area contributed by atoms with E-state index in [-0.39, 0.29) is 6.61 Å². The number of hydrogen-bond acceptors (Lipinski definition) is 3. The maximum atomic E-state index is 8.77. The Labute approximate surface area is 91.5 Å². The van der Waals surface area contributed by atoms with Gasteiger partial charge in [-0.05, 0) is 31.0 Å². The fraction of sp³-hybridized carbons (Fsp3) is 0.500. The summed E-state index contributed by atoms with van der Waals surface area (Å²) >= 11 is 0. The number of aliphatic hydroxyl groups is 1. The molecule has 15 heavy (non-hydrogen) atoms. The van der Waals surface area contributed by atoms with E-state index >= 15 is 0 Å². The first-order chi connectivity index (χ1) is 7.27. The number of rotatable bonds is 6. The van der Waals surface area contributed by atoms with Gasteiger partial charge in [0.1, 0.15) is 0 Å². The van der Waals surface area contributed by atoms with Crippen molar-refractivity contribution in [2.45, 2.75) is 20.3 Å². The highest BCUT2D eigenvalue weighted by atomic mass is 16.3. The summed E-state index contributed by atoms with van der Waals surface area (Å²) in [6.45, 7) is 5.93. The first-order valence-corrected chi connectivity index (χ1v) is 5.47. The Bertz CT molecular complexity index is 300. The van der Waals surface area contributed by atoms with Gasteiger partial charge < -0.3 is 15.7 Å². The first-order valence-electron chi connectivity index (χ1n) is 5.47. The smallest absolute Gasteiger partial charge is 0.0604 e. The standard InChI is InChI=1S/C12H20N2O/c1-3-6-13-12-9-10(2)4-5-11(12)14-7-8-15/h4-5,9,13-15H,3,6-8H2,1-2H3. The average Bonchev–Trinajstić information content (AvgIpc) is 2.25. The van der Waals surface area contributed by atoms with E-state index in [0.717, 1.165) is 24.3 Å².